The standard InChI is InChI=1S/C32H33Cl2NO4/c1-31(2,3)19-10-8-18(9-11-19)26-25(27(36)23-16-21(33)17-24(34)29(23)39-7)28(37)30(38)35(26)22-14-12-20(13-15-22)32(4,5)6/h8-17,26,36H,1-7H3/b27-25+. The molecule has 1 aliphatic rings. The number of ether oxygens (including phenoxy) is 1. The van der Waals surface area contributed by atoms with E-state index in [4.69, 9.17) is 27.9 Å². The number of ketones is 1. The van der Waals surface area contributed by atoms with Crippen molar-refractivity contribution < 1.29 is 19.4 Å². The number of carbonyl (C=O) groups is 2. The van der Waals surface area contributed by atoms with E-state index >= 15 is 0 Å². The van der Waals surface area contributed by atoms with E-state index in [9.17, 15) is 14.7 Å². The van der Waals surface area contributed by atoms with Crippen LogP contribution in [0, 0.1) is 0 Å². The van der Waals surface area contributed by atoms with Crippen LogP contribution in [0.3, 0.4) is 0 Å². The zero-order valence-corrected chi connectivity index (χ0v) is 24.7. The summed E-state index contributed by atoms with van der Waals surface area (Å²) in [5.41, 5.74) is 3.30. The highest BCUT2D eigenvalue weighted by molar-refractivity contribution is 6.52. The number of hydrogen-bond donors (Lipinski definition) is 1. The average Bonchev–Trinajstić information content (AvgIpc) is 3.12. The molecule has 204 valence electrons. The lowest BCUT2D eigenvalue weighted by Crippen LogP contribution is -2.29. The number of aliphatic hydroxyl groups excluding tert-OH is 1. The average molecular weight is 567 g/mol. The van der Waals surface area contributed by atoms with Crippen LogP contribution in [0.2, 0.25) is 10.0 Å². The molecule has 3 aromatic carbocycles. The van der Waals surface area contributed by atoms with Gasteiger partial charge in [-0.15, -0.1) is 0 Å². The summed E-state index contributed by atoms with van der Waals surface area (Å²) in [7, 11) is 1.41. The van der Waals surface area contributed by atoms with Gasteiger partial charge < -0.3 is 9.84 Å². The first-order valence-corrected chi connectivity index (χ1v) is 13.5. The second kappa shape index (κ2) is 10.4. The topological polar surface area (TPSA) is 66.8 Å². The Hall–Kier alpha value is -3.28. The molecule has 0 saturated carbocycles. The molecule has 1 unspecified atom stereocenters. The summed E-state index contributed by atoms with van der Waals surface area (Å²) in [6.07, 6.45) is 0. The summed E-state index contributed by atoms with van der Waals surface area (Å²) < 4.78 is 5.43. The molecule has 1 heterocycles. The number of halogens is 2. The minimum absolute atomic E-state index is 0.0694. The third kappa shape index (κ3) is 5.43. The lowest BCUT2D eigenvalue weighted by molar-refractivity contribution is -0.132. The highest BCUT2D eigenvalue weighted by atomic mass is 35.5. The van der Waals surface area contributed by atoms with Gasteiger partial charge in [-0.05, 0) is 51.8 Å². The number of benzene rings is 3. The molecular weight excluding hydrogens is 533 g/mol. The van der Waals surface area contributed by atoms with E-state index in [0.717, 1.165) is 11.1 Å². The van der Waals surface area contributed by atoms with Crippen molar-refractivity contribution in [3.8, 4) is 5.75 Å². The Labute approximate surface area is 240 Å². The van der Waals surface area contributed by atoms with E-state index in [0.29, 0.717) is 11.3 Å². The maximum atomic E-state index is 13.6. The first-order chi connectivity index (χ1) is 18.1. The summed E-state index contributed by atoms with van der Waals surface area (Å²) in [5.74, 6) is -1.80. The zero-order valence-electron chi connectivity index (χ0n) is 23.2. The van der Waals surface area contributed by atoms with Crippen LogP contribution < -0.4 is 9.64 Å². The Morgan fingerprint density at radius 1 is 0.846 bits per heavy atom. The van der Waals surface area contributed by atoms with Crippen LogP contribution in [0.1, 0.15) is 69.8 Å². The van der Waals surface area contributed by atoms with Crippen LogP contribution in [-0.4, -0.2) is 23.9 Å². The van der Waals surface area contributed by atoms with Gasteiger partial charge in [-0.2, -0.15) is 0 Å². The molecule has 1 fully saturated rings. The third-order valence-corrected chi connectivity index (χ3v) is 7.51. The molecule has 4 rings (SSSR count). The SMILES string of the molecule is COc1c(Cl)cc(Cl)cc1/C(O)=C1\C(=O)C(=O)N(c2ccc(C(C)(C)C)cc2)C1c1ccc(C(C)(C)C)cc1. The van der Waals surface area contributed by atoms with Crippen molar-refractivity contribution in [2.24, 2.45) is 0 Å². The lowest BCUT2D eigenvalue weighted by Gasteiger charge is -2.27. The van der Waals surface area contributed by atoms with Crippen LogP contribution >= 0.6 is 23.2 Å². The Balaban J connectivity index is 1.97. The molecule has 39 heavy (non-hydrogen) atoms. The van der Waals surface area contributed by atoms with Crippen molar-refractivity contribution in [3.05, 3.63) is 98.5 Å². The number of rotatable bonds is 4. The van der Waals surface area contributed by atoms with Crippen LogP contribution in [0.4, 0.5) is 5.69 Å². The maximum absolute atomic E-state index is 13.6. The molecule has 0 aliphatic carbocycles. The summed E-state index contributed by atoms with van der Waals surface area (Å²) in [6.45, 7) is 12.7. The van der Waals surface area contributed by atoms with Crippen molar-refractivity contribution in [2.45, 2.75) is 58.4 Å². The fourth-order valence-corrected chi connectivity index (χ4v) is 5.36. The minimum Gasteiger partial charge on any atom is -0.507 e. The van der Waals surface area contributed by atoms with E-state index in [1.54, 1.807) is 0 Å². The molecule has 1 aliphatic heterocycles. The minimum atomic E-state index is -0.887. The van der Waals surface area contributed by atoms with E-state index in [-0.39, 0.29) is 37.8 Å². The molecule has 0 radical (unpaired) electrons. The Kier molecular flexibility index (Phi) is 7.63. The number of Topliss-reactive ketones (excluding diaryl/α,β-unsaturated/α-hetero) is 1. The molecular formula is C32H33Cl2NO4. The van der Waals surface area contributed by atoms with Crippen LogP contribution in [0.15, 0.2) is 66.2 Å². The zero-order chi connectivity index (χ0) is 28.9. The fourth-order valence-electron chi connectivity index (χ4n) is 4.79. The molecule has 0 spiro atoms. The molecule has 7 heteroatoms. The van der Waals surface area contributed by atoms with Crippen LogP contribution in [-0.2, 0) is 20.4 Å². The second-order valence-corrected chi connectivity index (χ2v) is 12.7. The Bertz CT molecular complexity index is 1460. The van der Waals surface area contributed by atoms with Crippen LogP contribution in [0.25, 0.3) is 5.76 Å². The largest absolute Gasteiger partial charge is 0.507 e. The van der Waals surface area contributed by atoms with Crippen molar-refractivity contribution in [3.63, 3.8) is 0 Å². The molecule has 1 amide bonds. The monoisotopic (exact) mass is 565 g/mol. The predicted octanol–water partition coefficient (Wildman–Crippen LogP) is 8.22. The number of hydrogen-bond acceptors (Lipinski definition) is 4. The van der Waals surface area contributed by atoms with Gasteiger partial charge in [0, 0.05) is 10.7 Å². The smallest absolute Gasteiger partial charge is 0.300 e. The first kappa shape index (κ1) is 28.7. The predicted molar refractivity (Wildman–Crippen MR) is 158 cm³/mol. The summed E-state index contributed by atoms with van der Waals surface area (Å²) in [4.78, 5) is 28.6. The number of amides is 1. The van der Waals surface area contributed by atoms with E-state index < -0.39 is 23.5 Å². The number of methoxy groups -OCH3 is 1. The van der Waals surface area contributed by atoms with Gasteiger partial charge in [0.15, 0.2) is 0 Å². The third-order valence-electron chi connectivity index (χ3n) is 7.02. The van der Waals surface area contributed by atoms with Crippen molar-refractivity contribution in [1.29, 1.82) is 0 Å². The fraction of sp³-hybridized carbons (Fsp3) is 0.312. The molecule has 0 bridgehead atoms. The second-order valence-electron chi connectivity index (χ2n) is 11.8. The van der Waals surface area contributed by atoms with Gasteiger partial charge in [0.25, 0.3) is 11.7 Å². The number of anilines is 1. The van der Waals surface area contributed by atoms with Gasteiger partial charge in [-0.25, -0.2) is 0 Å². The van der Waals surface area contributed by atoms with Crippen molar-refractivity contribution >= 4 is 46.3 Å². The van der Waals surface area contributed by atoms with Gasteiger partial charge >= 0.3 is 0 Å². The van der Waals surface area contributed by atoms with Crippen molar-refractivity contribution in [1.82, 2.24) is 0 Å². The summed E-state index contributed by atoms with van der Waals surface area (Å²) in [5, 5.41) is 12.0. The highest BCUT2D eigenvalue weighted by Crippen LogP contribution is 2.45. The van der Waals surface area contributed by atoms with Gasteiger partial charge in [0.05, 0.1) is 29.3 Å². The van der Waals surface area contributed by atoms with Gasteiger partial charge in [-0.1, -0.05) is 101 Å². The maximum Gasteiger partial charge on any atom is 0.300 e. The van der Waals surface area contributed by atoms with Crippen LogP contribution in [0.5, 0.6) is 5.75 Å². The highest BCUT2D eigenvalue weighted by Gasteiger charge is 2.47. The van der Waals surface area contributed by atoms with Gasteiger partial charge in [0.1, 0.15) is 11.5 Å². The summed E-state index contributed by atoms with van der Waals surface area (Å²) >= 11 is 12.6. The van der Waals surface area contributed by atoms with Gasteiger partial charge in [0.2, 0.25) is 0 Å². The molecule has 5 nitrogen and oxygen atoms in total. The quantitative estimate of drug-likeness (QED) is 0.196. The molecule has 3 aromatic rings. The Morgan fingerprint density at radius 3 is 1.85 bits per heavy atom. The summed E-state index contributed by atoms with van der Waals surface area (Å²) in [6, 6.07) is 17.4. The lowest BCUT2D eigenvalue weighted by atomic mass is 9.85. The molecule has 1 saturated heterocycles. The molecule has 1 N–H and O–H groups in total. The van der Waals surface area contributed by atoms with E-state index in [2.05, 4.69) is 41.5 Å². The normalized spacial score (nSPS) is 17.6. The van der Waals surface area contributed by atoms with E-state index in [1.165, 1.54) is 24.1 Å². The molecule has 0 aromatic heterocycles. The number of carbonyl (C=O) groups excluding carboxylic acids is 2. The number of aliphatic hydroxyl groups is 1. The molecule has 1 atom stereocenters. The van der Waals surface area contributed by atoms with E-state index in [1.807, 2.05) is 48.5 Å². The van der Waals surface area contributed by atoms with Gasteiger partial charge in [-0.3, -0.25) is 14.5 Å². The Morgan fingerprint density at radius 2 is 1.36 bits per heavy atom. The van der Waals surface area contributed by atoms with Crippen molar-refractivity contribution in [2.75, 3.05) is 12.0 Å². The first-order valence-electron chi connectivity index (χ1n) is 12.7. The number of nitrogens with zero attached hydrogens (tertiary/aromatic N) is 1.